The van der Waals surface area contributed by atoms with Crippen LogP contribution in [-0.4, -0.2) is 46.5 Å². The summed E-state index contributed by atoms with van der Waals surface area (Å²) in [6.45, 7) is -0.775. The first-order chi connectivity index (χ1) is 15.1. The van der Waals surface area contributed by atoms with Crippen LogP contribution < -0.4 is 4.74 Å². The molecule has 0 aliphatic rings. The van der Waals surface area contributed by atoms with Crippen LogP contribution in [-0.2, 0) is 33.1 Å². The van der Waals surface area contributed by atoms with Crippen LogP contribution in [0.5, 0.6) is 6.01 Å². The summed E-state index contributed by atoms with van der Waals surface area (Å²) in [5.74, 6) is -0.710. The molecule has 2 N–H and O–H groups in total. The summed E-state index contributed by atoms with van der Waals surface area (Å²) in [6.07, 6.45) is -1.34. The molecule has 1 aromatic heterocycles. The van der Waals surface area contributed by atoms with Crippen LogP contribution in [0.15, 0.2) is 66.7 Å². The maximum Gasteiger partial charge on any atom is 0.351 e. The number of carbonyl (C=O) groups is 1. The Morgan fingerprint density at radius 2 is 1.39 bits per heavy atom. The fourth-order valence-corrected chi connectivity index (χ4v) is 3.44. The summed E-state index contributed by atoms with van der Waals surface area (Å²) in [5, 5.41) is 19.0. The van der Waals surface area contributed by atoms with E-state index in [-0.39, 0.29) is 30.6 Å². The molecule has 1 atom stereocenters. The molecule has 0 radical (unpaired) electrons. The minimum atomic E-state index is -1.40. The molecule has 3 rings (SSSR count). The van der Waals surface area contributed by atoms with E-state index in [1.165, 1.54) is 20.3 Å². The van der Waals surface area contributed by atoms with E-state index in [0.717, 1.165) is 0 Å². The molecule has 1 heterocycles. The third-order valence-electron chi connectivity index (χ3n) is 4.87. The fraction of sp³-hybridized carbons (Fsp3) is 0.261. The zero-order valence-corrected chi connectivity index (χ0v) is 17.3. The van der Waals surface area contributed by atoms with Crippen molar-refractivity contribution in [3.05, 3.63) is 89.2 Å². The number of nitrogens with zero attached hydrogens (tertiary/aromatic N) is 2. The van der Waals surface area contributed by atoms with Crippen LogP contribution in [0.3, 0.4) is 0 Å². The normalized spacial score (nSPS) is 12.3. The van der Waals surface area contributed by atoms with Crippen LogP contribution in [0.1, 0.15) is 22.5 Å². The highest BCUT2D eigenvalue weighted by Gasteiger charge is 2.50. The summed E-state index contributed by atoms with van der Waals surface area (Å²) >= 11 is 0. The van der Waals surface area contributed by atoms with E-state index in [0.29, 0.717) is 11.1 Å². The Balaban J connectivity index is 2.21. The first-order valence-electron chi connectivity index (χ1n) is 9.58. The zero-order valence-electron chi connectivity index (χ0n) is 17.3. The summed E-state index contributed by atoms with van der Waals surface area (Å²) in [4.78, 5) is 21.3. The molecule has 0 aliphatic heterocycles. The van der Waals surface area contributed by atoms with Gasteiger partial charge in [0, 0.05) is 7.11 Å². The van der Waals surface area contributed by atoms with Crippen molar-refractivity contribution < 1.29 is 29.2 Å². The highest BCUT2D eigenvalue weighted by molar-refractivity contribution is 5.78. The van der Waals surface area contributed by atoms with E-state index in [1.54, 1.807) is 0 Å². The second-order valence-corrected chi connectivity index (χ2v) is 6.64. The number of hydrogen-bond donors (Lipinski definition) is 2. The molecular weight excluding hydrogens is 400 g/mol. The topological polar surface area (TPSA) is 111 Å². The largest absolute Gasteiger partial charge is 0.466 e. The minimum Gasteiger partial charge on any atom is -0.466 e. The van der Waals surface area contributed by atoms with Crippen LogP contribution in [0.25, 0.3) is 0 Å². The van der Waals surface area contributed by atoms with E-state index in [2.05, 4.69) is 9.97 Å². The summed E-state index contributed by atoms with van der Waals surface area (Å²) in [7, 11) is 2.72. The molecule has 31 heavy (non-hydrogen) atoms. The van der Waals surface area contributed by atoms with E-state index >= 15 is 0 Å². The van der Waals surface area contributed by atoms with Crippen LogP contribution >= 0.6 is 0 Å². The third-order valence-corrected chi connectivity index (χ3v) is 4.87. The lowest BCUT2D eigenvalue weighted by atomic mass is 9.81. The predicted octanol–water partition coefficient (Wildman–Crippen LogP) is 1.97. The molecule has 0 fully saturated rings. The summed E-state index contributed by atoms with van der Waals surface area (Å²) < 4.78 is 17.0. The monoisotopic (exact) mass is 424 g/mol. The maximum atomic E-state index is 13.0. The van der Waals surface area contributed by atoms with Crippen molar-refractivity contribution in [3.8, 4) is 6.01 Å². The van der Waals surface area contributed by atoms with Gasteiger partial charge in [0.25, 0.3) is 0 Å². The molecule has 0 amide bonds. The van der Waals surface area contributed by atoms with Gasteiger partial charge in [0.1, 0.15) is 0 Å². The maximum absolute atomic E-state index is 13.0. The van der Waals surface area contributed by atoms with Gasteiger partial charge in [0.2, 0.25) is 6.10 Å². The smallest absolute Gasteiger partial charge is 0.351 e. The van der Waals surface area contributed by atoms with Crippen LogP contribution in [0.4, 0.5) is 0 Å². The number of aromatic nitrogens is 2. The van der Waals surface area contributed by atoms with Gasteiger partial charge >= 0.3 is 12.0 Å². The molecule has 8 nitrogen and oxygen atoms in total. The Kier molecular flexibility index (Phi) is 7.30. The highest BCUT2D eigenvalue weighted by atomic mass is 16.6. The Labute approximate surface area is 180 Å². The average molecular weight is 424 g/mol. The lowest BCUT2D eigenvalue weighted by Crippen LogP contribution is -2.51. The second-order valence-electron chi connectivity index (χ2n) is 6.64. The summed E-state index contributed by atoms with van der Waals surface area (Å²) in [6, 6.07) is 19.5. The average Bonchev–Trinajstić information content (AvgIpc) is 2.84. The highest BCUT2D eigenvalue weighted by Crippen LogP contribution is 2.38. The van der Waals surface area contributed by atoms with Gasteiger partial charge in [-0.25, -0.2) is 4.79 Å². The van der Waals surface area contributed by atoms with Crippen molar-refractivity contribution in [2.75, 3.05) is 14.2 Å². The van der Waals surface area contributed by atoms with Gasteiger partial charge in [0.05, 0.1) is 31.7 Å². The minimum absolute atomic E-state index is 0.195. The lowest BCUT2D eigenvalue weighted by molar-refractivity contribution is -0.164. The van der Waals surface area contributed by atoms with E-state index in [4.69, 9.17) is 14.2 Å². The number of carbonyl (C=O) groups excluding carboxylic acids is 1. The van der Waals surface area contributed by atoms with Crippen molar-refractivity contribution in [2.45, 2.75) is 24.9 Å². The SMILES string of the molecule is COC(=O)C(Oc1nc(CO)cc(CO)n1)C(OC)(c1ccccc1)c1ccccc1. The van der Waals surface area contributed by atoms with Gasteiger partial charge in [-0.1, -0.05) is 60.7 Å². The van der Waals surface area contributed by atoms with Crippen molar-refractivity contribution in [1.82, 2.24) is 9.97 Å². The van der Waals surface area contributed by atoms with Gasteiger partial charge in [-0.15, -0.1) is 0 Å². The number of aliphatic hydroxyl groups excluding tert-OH is 2. The number of benzene rings is 2. The predicted molar refractivity (Wildman–Crippen MR) is 111 cm³/mol. The lowest BCUT2D eigenvalue weighted by Gasteiger charge is -2.38. The Hall–Kier alpha value is -3.33. The molecule has 0 bridgehead atoms. The number of esters is 1. The number of ether oxygens (including phenoxy) is 3. The molecule has 2 aromatic carbocycles. The van der Waals surface area contributed by atoms with Gasteiger partial charge in [0.15, 0.2) is 5.60 Å². The van der Waals surface area contributed by atoms with Crippen molar-refractivity contribution in [2.24, 2.45) is 0 Å². The Bertz CT molecular complexity index is 936. The third kappa shape index (κ3) is 4.56. The fourth-order valence-electron chi connectivity index (χ4n) is 3.44. The molecular formula is C23H24N2O6. The van der Waals surface area contributed by atoms with Crippen LogP contribution in [0, 0.1) is 0 Å². The van der Waals surface area contributed by atoms with Crippen molar-refractivity contribution in [3.63, 3.8) is 0 Å². The van der Waals surface area contributed by atoms with Gasteiger partial charge < -0.3 is 24.4 Å². The van der Waals surface area contributed by atoms with Gasteiger partial charge in [-0.3, -0.25) is 0 Å². The molecule has 1 unspecified atom stereocenters. The zero-order chi connectivity index (χ0) is 22.3. The first kappa shape index (κ1) is 22.4. The molecule has 0 spiro atoms. The molecule has 3 aromatic rings. The van der Waals surface area contributed by atoms with Crippen molar-refractivity contribution in [1.29, 1.82) is 0 Å². The Morgan fingerprint density at radius 1 is 0.903 bits per heavy atom. The standard InChI is InChI=1S/C23H24N2O6/c1-29-21(28)20(31-22-24-18(14-26)13-19(15-27)25-22)23(30-2,16-9-5-3-6-10-16)17-11-7-4-8-12-17/h3-13,20,26-27H,14-15H2,1-2H3. The van der Waals surface area contributed by atoms with E-state index < -0.39 is 17.7 Å². The molecule has 162 valence electrons. The number of hydrogen-bond acceptors (Lipinski definition) is 8. The van der Waals surface area contributed by atoms with Gasteiger partial charge in [-0.2, -0.15) is 9.97 Å². The van der Waals surface area contributed by atoms with Gasteiger partial charge in [-0.05, 0) is 17.2 Å². The second kappa shape index (κ2) is 10.1. The molecule has 8 heteroatoms. The van der Waals surface area contributed by atoms with Crippen LogP contribution in [0.2, 0.25) is 0 Å². The molecule has 0 saturated carbocycles. The van der Waals surface area contributed by atoms with E-state index in [9.17, 15) is 15.0 Å². The number of rotatable bonds is 9. The number of methoxy groups -OCH3 is 2. The Morgan fingerprint density at radius 3 is 1.77 bits per heavy atom. The quantitative estimate of drug-likeness (QED) is 0.502. The first-order valence-corrected chi connectivity index (χ1v) is 9.58. The number of aliphatic hydroxyl groups is 2. The van der Waals surface area contributed by atoms with Crippen molar-refractivity contribution >= 4 is 5.97 Å². The van der Waals surface area contributed by atoms with E-state index in [1.807, 2.05) is 60.7 Å². The molecule has 0 saturated heterocycles. The summed E-state index contributed by atoms with van der Waals surface area (Å²) in [5.41, 5.74) is 0.382. The molecule has 0 aliphatic carbocycles.